The van der Waals surface area contributed by atoms with E-state index in [2.05, 4.69) is 4.98 Å². The number of hydrogen-bond donors (Lipinski definition) is 3. The third kappa shape index (κ3) is 2.85. The molecule has 104 valence electrons. The van der Waals surface area contributed by atoms with E-state index in [1.54, 1.807) is 0 Å². The van der Waals surface area contributed by atoms with Crippen LogP contribution in [0, 0.1) is 12.3 Å². The Labute approximate surface area is 112 Å². The lowest BCUT2D eigenvalue weighted by atomic mass is 10.1. The molecule has 1 fully saturated rings. The maximum atomic E-state index is 9.24. The number of nitrogens with one attached hydrogen (secondary N) is 1. The van der Waals surface area contributed by atoms with Gasteiger partial charge in [0.15, 0.2) is 0 Å². The summed E-state index contributed by atoms with van der Waals surface area (Å²) in [5, 5.41) is 16.9. The van der Waals surface area contributed by atoms with E-state index < -0.39 is 0 Å². The van der Waals surface area contributed by atoms with Gasteiger partial charge >= 0.3 is 0 Å². The summed E-state index contributed by atoms with van der Waals surface area (Å²) in [5.41, 5.74) is 7.12. The molecule has 2 unspecified atom stereocenters. The molecule has 0 aliphatic carbocycles. The van der Waals surface area contributed by atoms with Gasteiger partial charge in [0, 0.05) is 12.2 Å². The van der Waals surface area contributed by atoms with Gasteiger partial charge < -0.3 is 20.5 Å². The molecule has 19 heavy (non-hydrogen) atoms. The molecule has 6 heteroatoms. The molecule has 2 atom stereocenters. The molecular formula is C13H20N4O2. The number of pyridine rings is 1. The first-order chi connectivity index (χ1) is 9.02. The minimum atomic E-state index is -0.224. The van der Waals surface area contributed by atoms with Crippen molar-refractivity contribution in [2.24, 2.45) is 5.73 Å². The molecule has 0 aromatic carbocycles. The van der Waals surface area contributed by atoms with Crippen LogP contribution in [0.3, 0.4) is 0 Å². The highest BCUT2D eigenvalue weighted by Crippen LogP contribution is 2.24. The summed E-state index contributed by atoms with van der Waals surface area (Å²) in [6, 6.07) is 3.79. The number of aliphatic hydroxyl groups excluding tert-OH is 1. The second-order valence-corrected chi connectivity index (χ2v) is 4.88. The summed E-state index contributed by atoms with van der Waals surface area (Å²) in [5.74, 6) is 0.698. The van der Waals surface area contributed by atoms with Crippen molar-refractivity contribution >= 4 is 11.7 Å². The SMILES string of the molecule is Cc1ccc(C(=N)N)c(N2CC(CO)OCC2C)n1. The van der Waals surface area contributed by atoms with Gasteiger partial charge in [-0.1, -0.05) is 0 Å². The molecule has 1 aliphatic rings. The van der Waals surface area contributed by atoms with Crippen LogP contribution in [-0.2, 0) is 4.74 Å². The second-order valence-electron chi connectivity index (χ2n) is 4.88. The average Bonchev–Trinajstić information content (AvgIpc) is 2.38. The first-order valence-electron chi connectivity index (χ1n) is 6.34. The van der Waals surface area contributed by atoms with Crippen LogP contribution < -0.4 is 10.6 Å². The number of nitrogens with zero attached hydrogens (tertiary/aromatic N) is 2. The fourth-order valence-electron chi connectivity index (χ4n) is 2.20. The number of ether oxygens (including phenoxy) is 1. The average molecular weight is 264 g/mol. The van der Waals surface area contributed by atoms with Crippen molar-refractivity contribution in [1.29, 1.82) is 5.41 Å². The summed E-state index contributed by atoms with van der Waals surface area (Å²) in [7, 11) is 0. The maximum Gasteiger partial charge on any atom is 0.140 e. The highest BCUT2D eigenvalue weighted by atomic mass is 16.5. The number of hydrogen-bond acceptors (Lipinski definition) is 5. The lowest BCUT2D eigenvalue weighted by Crippen LogP contribution is -2.50. The first kappa shape index (κ1) is 13.8. The van der Waals surface area contributed by atoms with Gasteiger partial charge in [0.05, 0.1) is 30.9 Å². The molecule has 6 nitrogen and oxygen atoms in total. The van der Waals surface area contributed by atoms with Crippen LogP contribution >= 0.6 is 0 Å². The molecule has 0 amide bonds. The predicted molar refractivity (Wildman–Crippen MR) is 73.6 cm³/mol. The molecule has 1 saturated heterocycles. The Morgan fingerprint density at radius 3 is 3.00 bits per heavy atom. The molecule has 4 N–H and O–H groups in total. The number of aliphatic hydroxyl groups is 1. The van der Waals surface area contributed by atoms with Gasteiger partial charge in [-0.25, -0.2) is 4.98 Å². The van der Waals surface area contributed by atoms with Gasteiger partial charge in [-0.2, -0.15) is 0 Å². The number of amidine groups is 1. The predicted octanol–water partition coefficient (Wildman–Crippen LogP) is 0.260. The molecule has 1 aromatic heterocycles. The van der Waals surface area contributed by atoms with E-state index >= 15 is 0 Å². The molecule has 1 aliphatic heterocycles. The first-order valence-corrected chi connectivity index (χ1v) is 6.34. The molecule has 0 spiro atoms. The zero-order valence-corrected chi connectivity index (χ0v) is 11.3. The van der Waals surface area contributed by atoms with Gasteiger partial charge in [-0.3, -0.25) is 5.41 Å². The van der Waals surface area contributed by atoms with Gasteiger partial charge in [0.2, 0.25) is 0 Å². The fraction of sp³-hybridized carbons (Fsp3) is 0.538. The van der Waals surface area contributed by atoms with Gasteiger partial charge in [0.1, 0.15) is 11.7 Å². The second kappa shape index (κ2) is 5.54. The van der Waals surface area contributed by atoms with E-state index in [9.17, 15) is 5.11 Å². The van der Waals surface area contributed by atoms with Crippen LogP contribution in [0.4, 0.5) is 5.82 Å². The fourth-order valence-corrected chi connectivity index (χ4v) is 2.20. The summed E-state index contributed by atoms with van der Waals surface area (Å²) in [6.45, 7) is 4.99. The molecule has 1 aromatic rings. The Hall–Kier alpha value is -1.66. The van der Waals surface area contributed by atoms with Gasteiger partial charge in [0.25, 0.3) is 0 Å². The maximum absolute atomic E-state index is 9.24. The molecule has 2 rings (SSSR count). The van der Waals surface area contributed by atoms with Crippen molar-refractivity contribution in [3.8, 4) is 0 Å². The number of aryl methyl sites for hydroxylation is 1. The van der Waals surface area contributed by atoms with Crippen LogP contribution in [0.5, 0.6) is 0 Å². The number of anilines is 1. The number of morpholine rings is 1. The lowest BCUT2D eigenvalue weighted by Gasteiger charge is -2.39. The third-order valence-corrected chi connectivity index (χ3v) is 3.29. The largest absolute Gasteiger partial charge is 0.394 e. The quantitative estimate of drug-likeness (QED) is 0.537. The monoisotopic (exact) mass is 264 g/mol. The normalized spacial score (nSPS) is 23.4. The van der Waals surface area contributed by atoms with E-state index in [0.717, 1.165) is 5.69 Å². The van der Waals surface area contributed by atoms with Crippen LogP contribution in [0.15, 0.2) is 12.1 Å². The number of nitrogens with two attached hydrogens (primary N) is 1. The third-order valence-electron chi connectivity index (χ3n) is 3.29. The van der Waals surface area contributed by atoms with E-state index in [1.807, 2.05) is 30.9 Å². The molecule has 2 heterocycles. The Balaban J connectivity index is 2.38. The van der Waals surface area contributed by atoms with Crippen molar-refractivity contribution in [2.45, 2.75) is 26.0 Å². The van der Waals surface area contributed by atoms with Crippen molar-refractivity contribution in [3.63, 3.8) is 0 Å². The topological polar surface area (TPSA) is 95.5 Å². The van der Waals surface area contributed by atoms with Gasteiger partial charge in [-0.15, -0.1) is 0 Å². The number of rotatable bonds is 3. The molecule has 0 bridgehead atoms. The number of nitrogen functional groups attached to an aromatic ring is 1. The number of aromatic nitrogens is 1. The summed E-state index contributed by atoms with van der Waals surface area (Å²) in [4.78, 5) is 6.55. The Bertz CT molecular complexity index is 478. The summed E-state index contributed by atoms with van der Waals surface area (Å²) >= 11 is 0. The Morgan fingerprint density at radius 2 is 2.37 bits per heavy atom. The Kier molecular flexibility index (Phi) is 4.01. The van der Waals surface area contributed by atoms with E-state index in [4.69, 9.17) is 15.9 Å². The zero-order valence-electron chi connectivity index (χ0n) is 11.3. The van der Waals surface area contributed by atoms with E-state index in [1.165, 1.54) is 0 Å². The highest BCUT2D eigenvalue weighted by Gasteiger charge is 2.28. The zero-order chi connectivity index (χ0) is 14.0. The van der Waals surface area contributed by atoms with Crippen molar-refractivity contribution in [2.75, 3.05) is 24.7 Å². The van der Waals surface area contributed by atoms with Gasteiger partial charge in [-0.05, 0) is 26.0 Å². The standard InChI is InChI=1S/C13H20N4O2/c1-8-3-4-11(12(14)15)13(16-8)17-5-10(6-18)19-7-9(17)2/h3-4,9-10,18H,5-7H2,1-2H3,(H3,14,15). The molecule has 0 radical (unpaired) electrons. The van der Waals surface area contributed by atoms with E-state index in [0.29, 0.717) is 24.5 Å². The summed E-state index contributed by atoms with van der Waals surface area (Å²) in [6.07, 6.45) is -0.224. The Morgan fingerprint density at radius 1 is 1.63 bits per heavy atom. The van der Waals surface area contributed by atoms with Crippen LogP contribution in [0.2, 0.25) is 0 Å². The molecular weight excluding hydrogens is 244 g/mol. The van der Waals surface area contributed by atoms with Crippen molar-refractivity contribution < 1.29 is 9.84 Å². The highest BCUT2D eigenvalue weighted by molar-refractivity contribution is 5.99. The van der Waals surface area contributed by atoms with Crippen molar-refractivity contribution in [3.05, 3.63) is 23.4 Å². The smallest absolute Gasteiger partial charge is 0.140 e. The van der Waals surface area contributed by atoms with Crippen LogP contribution in [0.25, 0.3) is 0 Å². The molecule has 0 saturated carbocycles. The van der Waals surface area contributed by atoms with E-state index in [-0.39, 0.29) is 24.6 Å². The van der Waals surface area contributed by atoms with Crippen LogP contribution in [-0.4, -0.2) is 47.8 Å². The van der Waals surface area contributed by atoms with Crippen molar-refractivity contribution in [1.82, 2.24) is 4.98 Å². The van der Waals surface area contributed by atoms with Crippen LogP contribution in [0.1, 0.15) is 18.2 Å². The lowest BCUT2D eigenvalue weighted by molar-refractivity contribution is -0.0105. The minimum absolute atomic E-state index is 0.00161. The summed E-state index contributed by atoms with van der Waals surface area (Å²) < 4.78 is 5.52. The minimum Gasteiger partial charge on any atom is -0.394 e.